The molecule has 0 heterocycles. The highest BCUT2D eigenvalue weighted by atomic mass is 16.4. The Morgan fingerprint density at radius 2 is 2.08 bits per heavy atom. The number of carboxylic acid groups (broad SMARTS) is 1. The van der Waals surface area contributed by atoms with Gasteiger partial charge in [-0.1, -0.05) is 27.2 Å². The molecule has 0 fully saturated rings. The molecule has 0 aliphatic rings. The zero-order valence-corrected chi connectivity index (χ0v) is 8.13. The summed E-state index contributed by atoms with van der Waals surface area (Å²) in [6.07, 6.45) is 1.87. The van der Waals surface area contributed by atoms with Gasteiger partial charge in [-0.25, -0.2) is 0 Å². The standard InChI is InChI=1S/C9H19NO2/c1-4-6-10-8(9(11)12)7(3)5-2/h7-8,10H,4-6H2,1-3H3,(H,11,12)/t7-,8-/m0/s1. The number of carbonyl (C=O) groups is 1. The van der Waals surface area contributed by atoms with Crippen molar-refractivity contribution < 1.29 is 9.90 Å². The average molecular weight is 173 g/mol. The van der Waals surface area contributed by atoms with E-state index in [1.165, 1.54) is 0 Å². The van der Waals surface area contributed by atoms with Gasteiger partial charge >= 0.3 is 5.97 Å². The van der Waals surface area contributed by atoms with E-state index in [1.807, 2.05) is 20.8 Å². The second-order valence-electron chi connectivity index (χ2n) is 3.16. The SMILES string of the molecule is CCCN[C@H](C(=O)O)[C@@H](C)CC. The predicted octanol–water partition coefficient (Wildman–Crippen LogP) is 1.49. The Morgan fingerprint density at radius 3 is 2.42 bits per heavy atom. The molecular formula is C9H19NO2. The molecule has 3 heteroatoms. The quantitative estimate of drug-likeness (QED) is 0.639. The van der Waals surface area contributed by atoms with Crippen LogP contribution in [0.25, 0.3) is 0 Å². The van der Waals surface area contributed by atoms with Crippen LogP contribution in [-0.2, 0) is 4.79 Å². The summed E-state index contributed by atoms with van der Waals surface area (Å²) in [6.45, 7) is 6.78. The van der Waals surface area contributed by atoms with Gasteiger partial charge in [0.2, 0.25) is 0 Å². The number of nitrogens with one attached hydrogen (secondary N) is 1. The van der Waals surface area contributed by atoms with Crippen LogP contribution in [0.4, 0.5) is 0 Å². The first-order valence-corrected chi connectivity index (χ1v) is 4.59. The lowest BCUT2D eigenvalue weighted by Crippen LogP contribution is -2.41. The second kappa shape index (κ2) is 6.00. The van der Waals surface area contributed by atoms with Crippen molar-refractivity contribution in [3.63, 3.8) is 0 Å². The first kappa shape index (κ1) is 11.4. The summed E-state index contributed by atoms with van der Waals surface area (Å²) in [5.41, 5.74) is 0. The van der Waals surface area contributed by atoms with Crippen LogP contribution in [0.5, 0.6) is 0 Å². The lowest BCUT2D eigenvalue weighted by atomic mass is 9.99. The third-order valence-electron chi connectivity index (χ3n) is 2.09. The second-order valence-corrected chi connectivity index (χ2v) is 3.16. The Labute approximate surface area is 74.2 Å². The van der Waals surface area contributed by atoms with E-state index in [1.54, 1.807) is 0 Å². The first-order valence-electron chi connectivity index (χ1n) is 4.59. The minimum Gasteiger partial charge on any atom is -0.480 e. The molecule has 0 aliphatic heterocycles. The molecule has 0 aliphatic carbocycles. The van der Waals surface area contributed by atoms with Crippen LogP contribution in [0, 0.1) is 5.92 Å². The van der Waals surface area contributed by atoms with Crippen molar-refractivity contribution in [2.24, 2.45) is 5.92 Å². The maximum Gasteiger partial charge on any atom is 0.320 e. The van der Waals surface area contributed by atoms with Gasteiger partial charge in [-0.15, -0.1) is 0 Å². The van der Waals surface area contributed by atoms with Crippen molar-refractivity contribution >= 4 is 5.97 Å². The molecule has 0 unspecified atom stereocenters. The first-order chi connectivity index (χ1) is 5.63. The Hall–Kier alpha value is -0.570. The summed E-state index contributed by atoms with van der Waals surface area (Å²) in [6, 6.07) is -0.380. The van der Waals surface area contributed by atoms with Crippen LogP contribution in [-0.4, -0.2) is 23.7 Å². The molecule has 12 heavy (non-hydrogen) atoms. The fourth-order valence-corrected chi connectivity index (χ4v) is 1.07. The van der Waals surface area contributed by atoms with E-state index in [-0.39, 0.29) is 12.0 Å². The van der Waals surface area contributed by atoms with Crippen molar-refractivity contribution in [2.45, 2.75) is 39.7 Å². The van der Waals surface area contributed by atoms with Gasteiger partial charge in [-0.2, -0.15) is 0 Å². The van der Waals surface area contributed by atoms with E-state index in [0.717, 1.165) is 19.4 Å². The highest BCUT2D eigenvalue weighted by molar-refractivity contribution is 5.73. The predicted molar refractivity (Wildman–Crippen MR) is 49.2 cm³/mol. The van der Waals surface area contributed by atoms with Crippen LogP contribution >= 0.6 is 0 Å². The molecule has 0 aromatic heterocycles. The Bertz CT molecular complexity index is 136. The minimum atomic E-state index is -0.738. The average Bonchev–Trinajstić information content (AvgIpc) is 2.04. The molecule has 0 saturated heterocycles. The maximum absolute atomic E-state index is 10.7. The van der Waals surface area contributed by atoms with Crippen molar-refractivity contribution in [1.29, 1.82) is 0 Å². The van der Waals surface area contributed by atoms with E-state index in [9.17, 15) is 4.79 Å². The summed E-state index contributed by atoms with van der Waals surface area (Å²) in [5.74, 6) is -0.535. The molecule has 0 aromatic rings. The van der Waals surface area contributed by atoms with Crippen LogP contribution in [0.2, 0.25) is 0 Å². The Balaban J connectivity index is 3.94. The van der Waals surface area contributed by atoms with Crippen molar-refractivity contribution in [3.05, 3.63) is 0 Å². The molecule has 3 nitrogen and oxygen atoms in total. The molecular weight excluding hydrogens is 154 g/mol. The maximum atomic E-state index is 10.7. The van der Waals surface area contributed by atoms with Gasteiger partial charge in [0, 0.05) is 0 Å². The summed E-state index contributed by atoms with van der Waals surface area (Å²) >= 11 is 0. The van der Waals surface area contributed by atoms with Gasteiger partial charge in [0.15, 0.2) is 0 Å². The van der Waals surface area contributed by atoms with Crippen LogP contribution in [0.1, 0.15) is 33.6 Å². The van der Waals surface area contributed by atoms with E-state index in [4.69, 9.17) is 5.11 Å². The molecule has 0 amide bonds. The van der Waals surface area contributed by atoms with E-state index >= 15 is 0 Å². The smallest absolute Gasteiger partial charge is 0.320 e. The lowest BCUT2D eigenvalue weighted by Gasteiger charge is -2.19. The van der Waals surface area contributed by atoms with Gasteiger partial charge in [-0.05, 0) is 18.9 Å². The number of carboxylic acids is 1. The fraction of sp³-hybridized carbons (Fsp3) is 0.889. The van der Waals surface area contributed by atoms with Crippen molar-refractivity contribution in [2.75, 3.05) is 6.54 Å². The molecule has 0 bridgehead atoms. The summed E-state index contributed by atoms with van der Waals surface area (Å²) < 4.78 is 0. The number of aliphatic carboxylic acids is 1. The normalized spacial score (nSPS) is 15.6. The molecule has 72 valence electrons. The number of hydrogen-bond acceptors (Lipinski definition) is 2. The van der Waals surface area contributed by atoms with E-state index < -0.39 is 5.97 Å². The number of rotatable bonds is 6. The molecule has 2 N–H and O–H groups in total. The van der Waals surface area contributed by atoms with Gasteiger partial charge in [0.1, 0.15) is 6.04 Å². The molecule has 0 spiro atoms. The van der Waals surface area contributed by atoms with Gasteiger partial charge in [0.25, 0.3) is 0 Å². The summed E-state index contributed by atoms with van der Waals surface area (Å²) in [4.78, 5) is 10.7. The van der Waals surface area contributed by atoms with Gasteiger partial charge in [0.05, 0.1) is 0 Å². The molecule has 0 rings (SSSR count). The van der Waals surface area contributed by atoms with E-state index in [0.29, 0.717) is 0 Å². The lowest BCUT2D eigenvalue weighted by molar-refractivity contribution is -0.140. The van der Waals surface area contributed by atoms with Gasteiger partial charge < -0.3 is 10.4 Å². The third kappa shape index (κ3) is 3.72. The number of hydrogen-bond donors (Lipinski definition) is 2. The summed E-state index contributed by atoms with van der Waals surface area (Å²) in [5, 5.41) is 11.9. The van der Waals surface area contributed by atoms with Crippen molar-refractivity contribution in [1.82, 2.24) is 5.32 Å². The highest BCUT2D eigenvalue weighted by Crippen LogP contribution is 2.07. The highest BCUT2D eigenvalue weighted by Gasteiger charge is 2.21. The molecule has 0 saturated carbocycles. The van der Waals surface area contributed by atoms with Crippen LogP contribution in [0.3, 0.4) is 0 Å². The zero-order valence-electron chi connectivity index (χ0n) is 8.13. The minimum absolute atomic E-state index is 0.203. The Morgan fingerprint density at radius 1 is 1.50 bits per heavy atom. The Kier molecular flexibility index (Phi) is 5.72. The van der Waals surface area contributed by atoms with Gasteiger partial charge in [-0.3, -0.25) is 4.79 Å². The topological polar surface area (TPSA) is 49.3 Å². The third-order valence-corrected chi connectivity index (χ3v) is 2.09. The fourth-order valence-electron chi connectivity index (χ4n) is 1.07. The van der Waals surface area contributed by atoms with E-state index in [2.05, 4.69) is 5.32 Å². The van der Waals surface area contributed by atoms with Crippen LogP contribution in [0.15, 0.2) is 0 Å². The molecule has 2 atom stereocenters. The monoisotopic (exact) mass is 173 g/mol. The largest absolute Gasteiger partial charge is 0.480 e. The zero-order chi connectivity index (χ0) is 9.56. The molecule has 0 radical (unpaired) electrons. The summed E-state index contributed by atoms with van der Waals surface area (Å²) in [7, 11) is 0. The van der Waals surface area contributed by atoms with Crippen LogP contribution < -0.4 is 5.32 Å². The molecule has 0 aromatic carbocycles. The van der Waals surface area contributed by atoms with Crippen molar-refractivity contribution in [3.8, 4) is 0 Å².